The Hall–Kier alpha value is -2.93. The number of anilines is 1. The molecule has 2 amide bonds. The highest BCUT2D eigenvalue weighted by Crippen LogP contribution is 2.58. The maximum atomic E-state index is 14.2. The van der Waals surface area contributed by atoms with Gasteiger partial charge in [-0.1, -0.05) is 96.6 Å². The molecule has 0 spiro atoms. The largest absolute Gasteiger partial charge is 0.302 e. The third-order valence-electron chi connectivity index (χ3n) is 7.89. The van der Waals surface area contributed by atoms with Gasteiger partial charge in [-0.3, -0.25) is 14.5 Å². The highest BCUT2D eigenvalue weighted by atomic mass is 35.5. The molecular formula is C31H27ClN2O2S2. The van der Waals surface area contributed by atoms with Gasteiger partial charge in [-0.25, -0.2) is 0 Å². The second kappa shape index (κ2) is 8.80. The Morgan fingerprint density at radius 1 is 0.974 bits per heavy atom. The molecule has 0 saturated carbocycles. The lowest BCUT2D eigenvalue weighted by molar-refractivity contribution is -0.123. The van der Waals surface area contributed by atoms with E-state index in [0.717, 1.165) is 39.9 Å². The molecule has 0 aliphatic carbocycles. The first-order chi connectivity index (χ1) is 18.0. The summed E-state index contributed by atoms with van der Waals surface area (Å²) in [4.78, 5) is 31.9. The van der Waals surface area contributed by atoms with Crippen molar-refractivity contribution < 1.29 is 9.59 Å². The minimum absolute atomic E-state index is 0.129. The average Bonchev–Trinajstić information content (AvgIpc) is 3.31. The molecule has 0 N–H and O–H groups in total. The fourth-order valence-corrected chi connectivity index (χ4v) is 7.78. The van der Waals surface area contributed by atoms with E-state index in [0.29, 0.717) is 26.4 Å². The Morgan fingerprint density at radius 3 is 2.34 bits per heavy atom. The molecule has 192 valence electrons. The number of halogens is 1. The number of hydrogen-bond acceptors (Lipinski definition) is 4. The summed E-state index contributed by atoms with van der Waals surface area (Å²) in [6.07, 6.45) is 0.728. The van der Waals surface area contributed by atoms with E-state index in [1.54, 1.807) is 4.90 Å². The molecular weight excluding hydrogens is 532 g/mol. The smallest absolute Gasteiger partial charge is 0.267 e. The van der Waals surface area contributed by atoms with Crippen molar-refractivity contribution in [3.8, 4) is 0 Å². The zero-order valence-electron chi connectivity index (χ0n) is 21.7. The molecule has 3 aliphatic heterocycles. The molecule has 3 heterocycles. The predicted molar refractivity (Wildman–Crippen MR) is 159 cm³/mol. The summed E-state index contributed by atoms with van der Waals surface area (Å²) in [5.74, 6) is -0.337. The molecule has 3 aliphatic rings. The Labute approximate surface area is 237 Å². The fraction of sp³-hybridized carbons (Fsp3) is 0.258. The number of thioether (sulfide) groups is 1. The normalized spacial score (nSPS) is 23.9. The van der Waals surface area contributed by atoms with Crippen molar-refractivity contribution in [2.45, 2.75) is 51.6 Å². The van der Waals surface area contributed by atoms with Crippen molar-refractivity contribution in [2.24, 2.45) is 0 Å². The maximum absolute atomic E-state index is 14.2. The van der Waals surface area contributed by atoms with Crippen LogP contribution in [0.4, 0.5) is 5.69 Å². The van der Waals surface area contributed by atoms with Crippen LogP contribution in [0.2, 0.25) is 5.02 Å². The van der Waals surface area contributed by atoms with Crippen molar-refractivity contribution in [3.05, 3.63) is 104 Å². The molecule has 4 nitrogen and oxygen atoms in total. The summed E-state index contributed by atoms with van der Waals surface area (Å²) in [7, 11) is 0. The third kappa shape index (κ3) is 3.76. The fourth-order valence-electron chi connectivity index (χ4n) is 6.32. The van der Waals surface area contributed by atoms with E-state index in [2.05, 4.69) is 39.0 Å². The van der Waals surface area contributed by atoms with Gasteiger partial charge in [0.25, 0.3) is 11.8 Å². The number of benzene rings is 3. The average molecular weight is 559 g/mol. The van der Waals surface area contributed by atoms with Crippen LogP contribution in [0.25, 0.3) is 5.57 Å². The minimum atomic E-state index is -0.485. The first kappa shape index (κ1) is 25.4. The van der Waals surface area contributed by atoms with Crippen LogP contribution >= 0.6 is 35.6 Å². The Kier molecular flexibility index (Phi) is 5.87. The highest BCUT2D eigenvalue weighted by Gasteiger charge is 2.54. The molecule has 3 aromatic carbocycles. The molecule has 38 heavy (non-hydrogen) atoms. The summed E-state index contributed by atoms with van der Waals surface area (Å²) < 4.78 is 0.474. The van der Waals surface area contributed by atoms with Crippen molar-refractivity contribution in [3.63, 3.8) is 0 Å². The molecule has 0 bridgehead atoms. The van der Waals surface area contributed by atoms with Gasteiger partial charge in [0.05, 0.1) is 22.7 Å². The lowest BCUT2D eigenvalue weighted by Gasteiger charge is -2.50. The van der Waals surface area contributed by atoms with Gasteiger partial charge in [0.2, 0.25) is 0 Å². The summed E-state index contributed by atoms with van der Waals surface area (Å²) in [5, 5.41) is 0.693. The Balaban J connectivity index is 1.53. The standard InChI is InChI=1S/C31H27ClN2O2S2/c1-18-14-22-24(26-28(36)33(29(37)38-26)16-19-8-6-5-7-9-19)27(35)34-25(22)23(15-18)31(4,17-30(34,2)3)20-10-12-21(32)13-11-20/h5-15H,16-17H2,1-4H3/b26-24-. The number of nitrogens with zero attached hydrogens (tertiary/aromatic N) is 2. The van der Waals surface area contributed by atoms with E-state index in [1.165, 1.54) is 11.8 Å². The summed E-state index contributed by atoms with van der Waals surface area (Å²) in [5.41, 5.74) is 5.64. The van der Waals surface area contributed by atoms with Crippen molar-refractivity contribution in [1.29, 1.82) is 0 Å². The zero-order chi connectivity index (χ0) is 27.0. The number of aryl methyl sites for hydroxylation is 1. The third-order valence-corrected chi connectivity index (χ3v) is 9.59. The summed E-state index contributed by atoms with van der Waals surface area (Å²) in [6.45, 7) is 8.88. The number of carbonyl (C=O) groups is 2. The second-order valence-electron chi connectivity index (χ2n) is 11.1. The van der Waals surface area contributed by atoms with E-state index < -0.39 is 5.54 Å². The van der Waals surface area contributed by atoms with Gasteiger partial charge in [0.15, 0.2) is 0 Å². The van der Waals surface area contributed by atoms with Gasteiger partial charge >= 0.3 is 0 Å². The SMILES string of the molecule is Cc1cc2c3c(c1)C(C)(c1ccc(Cl)cc1)CC(C)(C)N3C(=O)/C2=C1\SC(=S)N(Cc2ccccc2)C1=O. The van der Waals surface area contributed by atoms with Gasteiger partial charge in [-0.05, 0) is 62.1 Å². The van der Waals surface area contributed by atoms with Crippen LogP contribution in [0.5, 0.6) is 0 Å². The Bertz CT molecular complexity index is 1560. The van der Waals surface area contributed by atoms with Crippen LogP contribution in [0, 0.1) is 6.92 Å². The quantitative estimate of drug-likeness (QED) is 0.251. The van der Waals surface area contributed by atoms with Crippen molar-refractivity contribution in [2.75, 3.05) is 4.90 Å². The monoisotopic (exact) mass is 558 g/mol. The van der Waals surface area contributed by atoms with Crippen LogP contribution in [0.15, 0.2) is 71.6 Å². The first-order valence-corrected chi connectivity index (χ1v) is 14.2. The lowest BCUT2D eigenvalue weighted by Crippen LogP contribution is -2.54. The molecule has 6 rings (SSSR count). The molecule has 0 radical (unpaired) electrons. The van der Waals surface area contributed by atoms with Gasteiger partial charge < -0.3 is 4.90 Å². The molecule has 1 fully saturated rings. The molecule has 1 atom stereocenters. The van der Waals surface area contributed by atoms with Crippen LogP contribution < -0.4 is 4.90 Å². The van der Waals surface area contributed by atoms with E-state index in [9.17, 15) is 9.59 Å². The number of thiocarbonyl (C=S) groups is 1. The number of amides is 2. The van der Waals surface area contributed by atoms with E-state index in [-0.39, 0.29) is 17.2 Å². The van der Waals surface area contributed by atoms with Gasteiger partial charge in [0, 0.05) is 21.5 Å². The molecule has 3 aromatic rings. The summed E-state index contributed by atoms with van der Waals surface area (Å²) >= 11 is 13.1. The molecule has 1 saturated heterocycles. The topological polar surface area (TPSA) is 40.6 Å². The van der Waals surface area contributed by atoms with E-state index >= 15 is 0 Å². The molecule has 7 heteroatoms. The predicted octanol–water partition coefficient (Wildman–Crippen LogP) is 7.25. The molecule has 0 aromatic heterocycles. The van der Waals surface area contributed by atoms with Gasteiger partial charge in [0.1, 0.15) is 4.32 Å². The highest BCUT2D eigenvalue weighted by molar-refractivity contribution is 8.26. The van der Waals surface area contributed by atoms with Crippen molar-refractivity contribution >= 4 is 63.0 Å². The summed E-state index contributed by atoms with van der Waals surface area (Å²) in [6, 6.07) is 22.0. The van der Waals surface area contributed by atoms with Crippen molar-refractivity contribution in [1.82, 2.24) is 4.90 Å². The van der Waals surface area contributed by atoms with Gasteiger partial charge in [-0.15, -0.1) is 0 Å². The molecule has 1 unspecified atom stereocenters. The first-order valence-electron chi connectivity index (χ1n) is 12.6. The maximum Gasteiger partial charge on any atom is 0.267 e. The van der Waals surface area contributed by atoms with Crippen LogP contribution in [0.1, 0.15) is 55.0 Å². The van der Waals surface area contributed by atoms with Crippen LogP contribution in [0.3, 0.4) is 0 Å². The number of carbonyl (C=O) groups excluding carboxylic acids is 2. The van der Waals surface area contributed by atoms with Gasteiger partial charge in [-0.2, -0.15) is 0 Å². The lowest BCUT2D eigenvalue weighted by atomic mass is 9.65. The Morgan fingerprint density at radius 2 is 1.66 bits per heavy atom. The minimum Gasteiger partial charge on any atom is -0.302 e. The van der Waals surface area contributed by atoms with E-state index in [1.807, 2.05) is 60.4 Å². The van der Waals surface area contributed by atoms with Crippen LogP contribution in [-0.2, 0) is 21.5 Å². The second-order valence-corrected chi connectivity index (χ2v) is 13.2. The van der Waals surface area contributed by atoms with E-state index in [4.69, 9.17) is 23.8 Å². The van der Waals surface area contributed by atoms with Crippen LogP contribution in [-0.4, -0.2) is 26.6 Å². The number of hydrogen-bond donors (Lipinski definition) is 0. The number of rotatable bonds is 3. The zero-order valence-corrected chi connectivity index (χ0v) is 24.1.